The van der Waals surface area contributed by atoms with Gasteiger partial charge in [-0.3, -0.25) is 4.79 Å². The number of benzene rings is 1. The van der Waals surface area contributed by atoms with Crippen molar-refractivity contribution in [2.24, 2.45) is 11.8 Å². The Labute approximate surface area is 116 Å². The normalized spacial score (nSPS) is 21.9. The SMILES string of the molecule is CC1CNCC1C(=O)Nc1ccc(-n2cnnn2)cc1. The lowest BCUT2D eigenvalue weighted by atomic mass is 9.97. The lowest BCUT2D eigenvalue weighted by Gasteiger charge is -2.14. The molecule has 1 aromatic carbocycles. The van der Waals surface area contributed by atoms with Crippen molar-refractivity contribution in [3.63, 3.8) is 0 Å². The summed E-state index contributed by atoms with van der Waals surface area (Å²) in [7, 11) is 0. The molecule has 2 N–H and O–H groups in total. The molecule has 0 spiro atoms. The first kappa shape index (κ1) is 12.7. The second-order valence-electron chi connectivity index (χ2n) is 5.03. The molecule has 7 heteroatoms. The number of nitrogens with zero attached hydrogens (tertiary/aromatic N) is 4. The highest BCUT2D eigenvalue weighted by atomic mass is 16.1. The van der Waals surface area contributed by atoms with E-state index in [0.717, 1.165) is 24.5 Å². The van der Waals surface area contributed by atoms with Gasteiger partial charge in [-0.25, -0.2) is 4.68 Å². The zero-order valence-corrected chi connectivity index (χ0v) is 11.2. The Morgan fingerprint density at radius 1 is 1.35 bits per heavy atom. The van der Waals surface area contributed by atoms with Gasteiger partial charge in [-0.1, -0.05) is 6.92 Å². The second-order valence-corrected chi connectivity index (χ2v) is 5.03. The Morgan fingerprint density at radius 3 is 2.75 bits per heavy atom. The van der Waals surface area contributed by atoms with Crippen molar-refractivity contribution in [3.8, 4) is 5.69 Å². The predicted octanol–water partition coefficient (Wildman–Crippen LogP) is 0.456. The number of tetrazole rings is 1. The third-order valence-corrected chi connectivity index (χ3v) is 3.60. The van der Waals surface area contributed by atoms with Gasteiger partial charge in [0.25, 0.3) is 0 Å². The highest BCUT2D eigenvalue weighted by Crippen LogP contribution is 2.19. The Morgan fingerprint density at radius 2 is 2.15 bits per heavy atom. The average molecular weight is 272 g/mol. The van der Waals surface area contributed by atoms with Gasteiger partial charge in [-0.15, -0.1) is 5.10 Å². The molecule has 1 aromatic heterocycles. The smallest absolute Gasteiger partial charge is 0.229 e. The maximum atomic E-state index is 12.2. The fourth-order valence-corrected chi connectivity index (χ4v) is 2.37. The largest absolute Gasteiger partial charge is 0.326 e. The van der Waals surface area contributed by atoms with Crippen LogP contribution in [0, 0.1) is 11.8 Å². The molecular formula is C13H16N6O. The van der Waals surface area contributed by atoms with Crippen molar-refractivity contribution in [2.75, 3.05) is 18.4 Å². The molecule has 1 fully saturated rings. The summed E-state index contributed by atoms with van der Waals surface area (Å²) in [6.07, 6.45) is 1.53. The summed E-state index contributed by atoms with van der Waals surface area (Å²) in [6.45, 7) is 3.73. The van der Waals surface area contributed by atoms with Crippen LogP contribution in [0.15, 0.2) is 30.6 Å². The maximum absolute atomic E-state index is 12.2. The van der Waals surface area contributed by atoms with Crippen molar-refractivity contribution < 1.29 is 4.79 Å². The molecule has 2 heterocycles. The van der Waals surface area contributed by atoms with E-state index in [4.69, 9.17) is 0 Å². The molecule has 1 aliphatic rings. The molecule has 0 bridgehead atoms. The number of anilines is 1. The fraction of sp³-hybridized carbons (Fsp3) is 0.385. The van der Waals surface area contributed by atoms with Gasteiger partial charge in [-0.2, -0.15) is 0 Å². The van der Waals surface area contributed by atoms with E-state index in [0.29, 0.717) is 5.92 Å². The molecule has 3 rings (SSSR count). The summed E-state index contributed by atoms with van der Waals surface area (Å²) < 4.78 is 1.56. The Balaban J connectivity index is 1.68. The highest BCUT2D eigenvalue weighted by Gasteiger charge is 2.29. The summed E-state index contributed by atoms with van der Waals surface area (Å²) in [6, 6.07) is 7.43. The van der Waals surface area contributed by atoms with Crippen LogP contribution in [0.2, 0.25) is 0 Å². The van der Waals surface area contributed by atoms with E-state index >= 15 is 0 Å². The number of hydrogen-bond donors (Lipinski definition) is 2. The minimum atomic E-state index is 0.0363. The van der Waals surface area contributed by atoms with Crippen LogP contribution in [-0.2, 0) is 4.79 Å². The molecule has 20 heavy (non-hydrogen) atoms. The third-order valence-electron chi connectivity index (χ3n) is 3.60. The zero-order valence-electron chi connectivity index (χ0n) is 11.2. The number of amides is 1. The Bertz CT molecular complexity index is 579. The standard InChI is InChI=1S/C13H16N6O/c1-9-6-14-7-12(9)13(20)16-10-2-4-11(5-3-10)19-8-15-17-18-19/h2-5,8-9,12,14H,6-7H2,1H3,(H,16,20). The van der Waals surface area contributed by atoms with E-state index in [2.05, 4.69) is 33.1 Å². The van der Waals surface area contributed by atoms with E-state index in [1.807, 2.05) is 24.3 Å². The zero-order chi connectivity index (χ0) is 13.9. The lowest BCUT2D eigenvalue weighted by molar-refractivity contribution is -0.120. The average Bonchev–Trinajstić information content (AvgIpc) is 3.10. The van der Waals surface area contributed by atoms with Crippen LogP contribution in [0.25, 0.3) is 5.69 Å². The second kappa shape index (κ2) is 5.38. The van der Waals surface area contributed by atoms with Crippen LogP contribution < -0.4 is 10.6 Å². The molecule has 0 saturated carbocycles. The number of nitrogens with one attached hydrogen (secondary N) is 2. The number of carbonyl (C=O) groups is 1. The molecule has 0 radical (unpaired) electrons. The molecule has 7 nitrogen and oxygen atoms in total. The Hall–Kier alpha value is -2.28. The molecular weight excluding hydrogens is 256 g/mol. The first-order valence-corrected chi connectivity index (χ1v) is 6.59. The van der Waals surface area contributed by atoms with Gasteiger partial charge in [0.15, 0.2) is 0 Å². The van der Waals surface area contributed by atoms with Crippen molar-refractivity contribution in [3.05, 3.63) is 30.6 Å². The van der Waals surface area contributed by atoms with Crippen LogP contribution in [0.1, 0.15) is 6.92 Å². The predicted molar refractivity (Wildman–Crippen MR) is 73.3 cm³/mol. The van der Waals surface area contributed by atoms with Crippen LogP contribution >= 0.6 is 0 Å². The topological polar surface area (TPSA) is 84.7 Å². The highest BCUT2D eigenvalue weighted by molar-refractivity contribution is 5.93. The first-order chi connectivity index (χ1) is 9.74. The van der Waals surface area contributed by atoms with Crippen molar-refractivity contribution in [1.29, 1.82) is 0 Å². The Kier molecular flexibility index (Phi) is 3.42. The van der Waals surface area contributed by atoms with Gasteiger partial charge < -0.3 is 10.6 Å². The first-order valence-electron chi connectivity index (χ1n) is 6.59. The van der Waals surface area contributed by atoms with Gasteiger partial charge in [0, 0.05) is 12.2 Å². The number of aromatic nitrogens is 4. The van der Waals surface area contributed by atoms with Crippen molar-refractivity contribution in [2.45, 2.75) is 6.92 Å². The molecule has 2 aromatic rings. The quantitative estimate of drug-likeness (QED) is 0.847. The van der Waals surface area contributed by atoms with E-state index < -0.39 is 0 Å². The molecule has 1 amide bonds. The summed E-state index contributed by atoms with van der Waals surface area (Å²) >= 11 is 0. The van der Waals surface area contributed by atoms with Crippen LogP contribution in [0.4, 0.5) is 5.69 Å². The van der Waals surface area contributed by atoms with E-state index in [1.165, 1.54) is 6.33 Å². The molecule has 0 aliphatic carbocycles. The monoisotopic (exact) mass is 272 g/mol. The van der Waals surface area contributed by atoms with Gasteiger partial charge in [0.2, 0.25) is 5.91 Å². The third kappa shape index (κ3) is 2.53. The van der Waals surface area contributed by atoms with Gasteiger partial charge in [0.1, 0.15) is 6.33 Å². The number of hydrogen-bond acceptors (Lipinski definition) is 5. The van der Waals surface area contributed by atoms with Crippen molar-refractivity contribution >= 4 is 11.6 Å². The lowest BCUT2D eigenvalue weighted by Crippen LogP contribution is -2.27. The molecule has 104 valence electrons. The number of carbonyl (C=O) groups excluding carboxylic acids is 1. The number of rotatable bonds is 3. The van der Waals surface area contributed by atoms with Crippen LogP contribution in [-0.4, -0.2) is 39.2 Å². The molecule has 2 unspecified atom stereocenters. The van der Waals surface area contributed by atoms with Gasteiger partial charge in [0.05, 0.1) is 11.6 Å². The van der Waals surface area contributed by atoms with E-state index in [1.54, 1.807) is 4.68 Å². The minimum absolute atomic E-state index is 0.0363. The minimum Gasteiger partial charge on any atom is -0.326 e. The summed E-state index contributed by atoms with van der Waals surface area (Å²) in [5.41, 5.74) is 1.63. The maximum Gasteiger partial charge on any atom is 0.229 e. The molecule has 1 aliphatic heterocycles. The van der Waals surface area contributed by atoms with E-state index in [9.17, 15) is 4.79 Å². The summed E-state index contributed by atoms with van der Waals surface area (Å²) in [4.78, 5) is 12.2. The summed E-state index contributed by atoms with van der Waals surface area (Å²) in [5, 5.41) is 17.2. The van der Waals surface area contributed by atoms with Crippen molar-refractivity contribution in [1.82, 2.24) is 25.5 Å². The fourth-order valence-electron chi connectivity index (χ4n) is 2.37. The molecule has 1 saturated heterocycles. The van der Waals surface area contributed by atoms with Gasteiger partial charge >= 0.3 is 0 Å². The van der Waals surface area contributed by atoms with Crippen LogP contribution in [0.5, 0.6) is 0 Å². The van der Waals surface area contributed by atoms with E-state index in [-0.39, 0.29) is 11.8 Å². The van der Waals surface area contributed by atoms with Gasteiger partial charge in [-0.05, 0) is 47.2 Å². The summed E-state index contributed by atoms with van der Waals surface area (Å²) in [5.74, 6) is 0.474. The van der Waals surface area contributed by atoms with Crippen LogP contribution in [0.3, 0.4) is 0 Å². The molecule has 2 atom stereocenters.